The van der Waals surface area contributed by atoms with E-state index in [9.17, 15) is 4.79 Å². The maximum Gasteiger partial charge on any atom is 0.234 e. The second kappa shape index (κ2) is 8.71. The molecule has 1 aliphatic heterocycles. The number of amides is 1. The van der Waals surface area contributed by atoms with Crippen LogP contribution in [0.4, 0.5) is 0 Å². The van der Waals surface area contributed by atoms with E-state index in [-0.39, 0.29) is 11.9 Å². The maximum atomic E-state index is 12.7. The van der Waals surface area contributed by atoms with Crippen LogP contribution in [0.15, 0.2) is 54.7 Å². The first kappa shape index (κ1) is 20.2. The number of nitrogens with one attached hydrogen (secondary N) is 1. The molecule has 6 nitrogen and oxygen atoms in total. The Balaban J connectivity index is 1.41. The van der Waals surface area contributed by atoms with Gasteiger partial charge in [0.15, 0.2) is 0 Å². The second-order valence-corrected chi connectivity index (χ2v) is 7.84. The molecule has 0 saturated heterocycles. The molecule has 0 unspecified atom stereocenters. The number of ether oxygens (including phenoxy) is 1. The van der Waals surface area contributed by atoms with Crippen LogP contribution >= 0.6 is 0 Å². The second-order valence-electron chi connectivity index (χ2n) is 7.84. The van der Waals surface area contributed by atoms with Crippen molar-refractivity contribution in [2.45, 2.75) is 33.4 Å². The zero-order valence-electron chi connectivity index (χ0n) is 17.8. The SMILES string of the molecule is Cc1ccccc1-n1ncc([C@@H](C)NC(=O)CN2CCOc3ccccc3C2)c1C. The van der Waals surface area contributed by atoms with Gasteiger partial charge in [0.25, 0.3) is 0 Å². The monoisotopic (exact) mass is 404 g/mol. The summed E-state index contributed by atoms with van der Waals surface area (Å²) in [6, 6.07) is 16.1. The van der Waals surface area contributed by atoms with Gasteiger partial charge in [-0.05, 0) is 38.5 Å². The lowest BCUT2D eigenvalue weighted by Gasteiger charge is -2.21. The van der Waals surface area contributed by atoms with Crippen molar-refractivity contribution in [2.75, 3.05) is 19.7 Å². The van der Waals surface area contributed by atoms with Crippen molar-refractivity contribution in [2.24, 2.45) is 0 Å². The number of fused-ring (bicyclic) bond motifs is 1. The molecular formula is C24H28N4O2. The molecule has 0 bridgehead atoms. The zero-order chi connectivity index (χ0) is 21.1. The van der Waals surface area contributed by atoms with Crippen molar-refractivity contribution >= 4 is 5.91 Å². The van der Waals surface area contributed by atoms with E-state index in [1.54, 1.807) is 0 Å². The van der Waals surface area contributed by atoms with Crippen molar-refractivity contribution in [3.8, 4) is 11.4 Å². The Hall–Kier alpha value is -3.12. The number of aromatic nitrogens is 2. The molecule has 0 aliphatic carbocycles. The van der Waals surface area contributed by atoms with Crippen LogP contribution in [0.1, 0.15) is 35.3 Å². The summed E-state index contributed by atoms with van der Waals surface area (Å²) in [4.78, 5) is 14.9. The van der Waals surface area contributed by atoms with Gasteiger partial charge < -0.3 is 10.1 Å². The smallest absolute Gasteiger partial charge is 0.234 e. The number of rotatable bonds is 5. The van der Waals surface area contributed by atoms with Crippen molar-refractivity contribution in [3.05, 3.63) is 77.1 Å². The Morgan fingerprint density at radius 1 is 1.17 bits per heavy atom. The van der Waals surface area contributed by atoms with Crippen LogP contribution in [0, 0.1) is 13.8 Å². The van der Waals surface area contributed by atoms with Crippen LogP contribution in [-0.2, 0) is 11.3 Å². The van der Waals surface area contributed by atoms with Gasteiger partial charge in [0.05, 0.1) is 24.5 Å². The van der Waals surface area contributed by atoms with E-state index >= 15 is 0 Å². The third-order valence-electron chi connectivity index (χ3n) is 5.63. The first-order chi connectivity index (χ1) is 14.5. The van der Waals surface area contributed by atoms with E-state index in [0.29, 0.717) is 19.7 Å². The van der Waals surface area contributed by atoms with Gasteiger partial charge in [-0.1, -0.05) is 36.4 Å². The normalized spacial score (nSPS) is 15.0. The van der Waals surface area contributed by atoms with Gasteiger partial charge in [-0.3, -0.25) is 9.69 Å². The van der Waals surface area contributed by atoms with Gasteiger partial charge in [-0.2, -0.15) is 5.10 Å². The van der Waals surface area contributed by atoms with Gasteiger partial charge in [0, 0.05) is 29.9 Å². The van der Waals surface area contributed by atoms with E-state index in [1.165, 1.54) is 0 Å². The fourth-order valence-corrected chi connectivity index (χ4v) is 3.97. The molecule has 3 aromatic rings. The molecule has 2 aromatic carbocycles. The molecule has 2 heterocycles. The van der Waals surface area contributed by atoms with Crippen LogP contribution in [-0.4, -0.2) is 40.3 Å². The van der Waals surface area contributed by atoms with E-state index in [4.69, 9.17) is 4.74 Å². The zero-order valence-corrected chi connectivity index (χ0v) is 17.8. The quantitative estimate of drug-likeness (QED) is 0.706. The van der Waals surface area contributed by atoms with Gasteiger partial charge >= 0.3 is 0 Å². The minimum atomic E-state index is -0.120. The average molecular weight is 405 g/mol. The molecule has 156 valence electrons. The molecule has 1 N–H and O–H groups in total. The average Bonchev–Trinajstić information content (AvgIpc) is 2.98. The summed E-state index contributed by atoms with van der Waals surface area (Å²) in [7, 11) is 0. The van der Waals surface area contributed by atoms with Crippen LogP contribution in [0.3, 0.4) is 0 Å². The predicted octanol–water partition coefficient (Wildman–Crippen LogP) is 3.56. The lowest BCUT2D eigenvalue weighted by molar-refractivity contribution is -0.123. The summed E-state index contributed by atoms with van der Waals surface area (Å²) in [5, 5.41) is 7.70. The van der Waals surface area contributed by atoms with Crippen LogP contribution in [0.2, 0.25) is 0 Å². The third-order valence-corrected chi connectivity index (χ3v) is 5.63. The Bertz CT molecular complexity index is 1040. The molecule has 1 aliphatic rings. The molecule has 1 aromatic heterocycles. The third kappa shape index (κ3) is 4.24. The van der Waals surface area contributed by atoms with E-state index in [0.717, 1.165) is 40.4 Å². The fraction of sp³-hybridized carbons (Fsp3) is 0.333. The maximum absolute atomic E-state index is 12.7. The van der Waals surface area contributed by atoms with E-state index in [1.807, 2.05) is 55.1 Å². The molecule has 0 spiro atoms. The van der Waals surface area contributed by atoms with Gasteiger partial charge in [0.1, 0.15) is 12.4 Å². The Labute approximate surface area is 177 Å². The Kier molecular flexibility index (Phi) is 5.86. The largest absolute Gasteiger partial charge is 0.492 e. The first-order valence-corrected chi connectivity index (χ1v) is 10.4. The summed E-state index contributed by atoms with van der Waals surface area (Å²) in [6.45, 7) is 8.48. The Morgan fingerprint density at radius 3 is 2.77 bits per heavy atom. The molecular weight excluding hydrogens is 376 g/mol. The number of hydrogen-bond donors (Lipinski definition) is 1. The summed E-state index contributed by atoms with van der Waals surface area (Å²) in [5.41, 5.74) is 5.40. The topological polar surface area (TPSA) is 59.4 Å². The minimum Gasteiger partial charge on any atom is -0.492 e. The lowest BCUT2D eigenvalue weighted by atomic mass is 10.1. The highest BCUT2D eigenvalue weighted by atomic mass is 16.5. The van der Waals surface area contributed by atoms with Crippen LogP contribution < -0.4 is 10.1 Å². The highest BCUT2D eigenvalue weighted by Gasteiger charge is 2.20. The lowest BCUT2D eigenvalue weighted by Crippen LogP contribution is -2.39. The summed E-state index contributed by atoms with van der Waals surface area (Å²) in [5.74, 6) is 0.915. The highest BCUT2D eigenvalue weighted by Crippen LogP contribution is 2.23. The Morgan fingerprint density at radius 2 is 1.93 bits per heavy atom. The highest BCUT2D eigenvalue weighted by molar-refractivity contribution is 5.78. The number of nitrogens with zero attached hydrogens (tertiary/aromatic N) is 3. The van der Waals surface area contributed by atoms with E-state index in [2.05, 4.69) is 40.4 Å². The molecule has 0 fully saturated rings. The number of aryl methyl sites for hydroxylation is 1. The van der Waals surface area contributed by atoms with Crippen molar-refractivity contribution in [3.63, 3.8) is 0 Å². The van der Waals surface area contributed by atoms with Crippen LogP contribution in [0.5, 0.6) is 5.75 Å². The molecule has 1 amide bonds. The number of benzene rings is 2. The first-order valence-electron chi connectivity index (χ1n) is 10.4. The summed E-state index contributed by atoms with van der Waals surface area (Å²) >= 11 is 0. The van der Waals surface area contributed by atoms with Gasteiger partial charge in [0.2, 0.25) is 5.91 Å². The van der Waals surface area contributed by atoms with Crippen molar-refractivity contribution < 1.29 is 9.53 Å². The van der Waals surface area contributed by atoms with Crippen LogP contribution in [0.25, 0.3) is 5.69 Å². The minimum absolute atomic E-state index is 0.00456. The number of carbonyl (C=O) groups excluding carboxylic acids is 1. The molecule has 6 heteroatoms. The predicted molar refractivity (Wildman–Crippen MR) is 117 cm³/mol. The van der Waals surface area contributed by atoms with Crippen molar-refractivity contribution in [1.82, 2.24) is 20.0 Å². The molecule has 1 atom stereocenters. The number of hydrogen-bond acceptors (Lipinski definition) is 4. The molecule has 0 radical (unpaired) electrons. The summed E-state index contributed by atoms with van der Waals surface area (Å²) < 4.78 is 7.74. The van der Waals surface area contributed by atoms with Gasteiger partial charge in [-0.25, -0.2) is 4.68 Å². The number of carbonyl (C=O) groups is 1. The van der Waals surface area contributed by atoms with E-state index < -0.39 is 0 Å². The standard InChI is InChI=1S/C24H28N4O2/c1-17-8-4-6-10-22(17)28-19(3)21(14-25-28)18(2)26-24(29)16-27-12-13-30-23-11-7-5-9-20(23)15-27/h4-11,14,18H,12-13,15-16H2,1-3H3,(H,26,29)/t18-/m1/s1. The fourth-order valence-electron chi connectivity index (χ4n) is 3.97. The molecule has 4 rings (SSSR count). The molecule has 0 saturated carbocycles. The summed E-state index contributed by atoms with van der Waals surface area (Å²) in [6.07, 6.45) is 1.85. The van der Waals surface area contributed by atoms with Crippen molar-refractivity contribution in [1.29, 1.82) is 0 Å². The van der Waals surface area contributed by atoms with Gasteiger partial charge in [-0.15, -0.1) is 0 Å². The number of para-hydroxylation sites is 2. The molecule has 30 heavy (non-hydrogen) atoms.